The first-order valence-corrected chi connectivity index (χ1v) is 10.1. The number of anilines is 1. The van der Waals surface area contributed by atoms with Gasteiger partial charge >= 0.3 is 0 Å². The van der Waals surface area contributed by atoms with Crippen molar-refractivity contribution in [3.8, 4) is 17.2 Å². The number of carbonyl (C=O) groups is 1. The zero-order valence-corrected chi connectivity index (χ0v) is 16.9. The van der Waals surface area contributed by atoms with E-state index in [-0.39, 0.29) is 11.8 Å². The second kappa shape index (κ2) is 9.49. The molecule has 0 unspecified atom stereocenters. The molecule has 0 bridgehead atoms. The topological polar surface area (TPSA) is 56.8 Å². The Bertz CT molecular complexity index is 818. The van der Waals surface area contributed by atoms with E-state index in [1.165, 1.54) is 0 Å². The molecule has 0 spiro atoms. The Hall–Kier alpha value is -2.69. The van der Waals surface area contributed by atoms with E-state index in [1.54, 1.807) is 0 Å². The maximum atomic E-state index is 12.4. The molecule has 0 saturated carbocycles. The second-order valence-corrected chi connectivity index (χ2v) is 6.80. The lowest BCUT2D eigenvalue weighted by Crippen LogP contribution is -2.24. The fourth-order valence-electron chi connectivity index (χ4n) is 3.51. The maximum Gasteiger partial charge on any atom is 0.225 e. The monoisotopic (exact) mass is 383 g/mol. The summed E-state index contributed by atoms with van der Waals surface area (Å²) in [4.78, 5) is 12.4. The van der Waals surface area contributed by atoms with Gasteiger partial charge in [0.15, 0.2) is 11.5 Å². The van der Waals surface area contributed by atoms with Gasteiger partial charge in [-0.15, -0.1) is 0 Å². The molecule has 0 radical (unpaired) electrons. The molecular weight excluding hydrogens is 354 g/mol. The Labute approximate surface area is 167 Å². The summed E-state index contributed by atoms with van der Waals surface area (Å²) in [5.74, 6) is 2.10. The molecule has 0 aromatic heterocycles. The van der Waals surface area contributed by atoms with Gasteiger partial charge in [0, 0.05) is 29.7 Å². The minimum atomic E-state index is -0.0866. The van der Waals surface area contributed by atoms with Gasteiger partial charge in [-0.05, 0) is 38.0 Å². The van der Waals surface area contributed by atoms with Crippen LogP contribution in [0.3, 0.4) is 0 Å². The van der Waals surface area contributed by atoms with Crippen LogP contribution in [0.5, 0.6) is 17.2 Å². The van der Waals surface area contributed by atoms with Crippen molar-refractivity contribution in [2.24, 2.45) is 0 Å². The van der Waals surface area contributed by atoms with Crippen molar-refractivity contribution in [3.63, 3.8) is 0 Å². The highest BCUT2D eigenvalue weighted by Gasteiger charge is 2.30. The minimum absolute atomic E-state index is 0.00697. The largest absolute Gasteiger partial charge is 0.493 e. The third kappa shape index (κ3) is 4.41. The molecular formula is C23H29NO4. The van der Waals surface area contributed by atoms with E-state index in [2.05, 4.69) is 12.2 Å². The van der Waals surface area contributed by atoms with Gasteiger partial charge in [0.25, 0.3) is 0 Å². The van der Waals surface area contributed by atoms with E-state index in [0.717, 1.165) is 35.4 Å². The van der Waals surface area contributed by atoms with E-state index >= 15 is 0 Å². The Balaban J connectivity index is 2.03. The van der Waals surface area contributed by atoms with Gasteiger partial charge in [-0.1, -0.05) is 31.5 Å². The molecule has 28 heavy (non-hydrogen) atoms. The molecule has 0 saturated heterocycles. The molecule has 1 amide bonds. The smallest absolute Gasteiger partial charge is 0.225 e. The Morgan fingerprint density at radius 3 is 2.36 bits per heavy atom. The summed E-state index contributed by atoms with van der Waals surface area (Å²) in [6.45, 7) is 7.78. The number of ether oxygens (including phenoxy) is 3. The minimum Gasteiger partial charge on any atom is -0.493 e. The van der Waals surface area contributed by atoms with Gasteiger partial charge in [0.1, 0.15) is 5.75 Å². The first kappa shape index (κ1) is 20.1. The van der Waals surface area contributed by atoms with Gasteiger partial charge in [-0.3, -0.25) is 4.79 Å². The first-order chi connectivity index (χ1) is 13.7. The van der Waals surface area contributed by atoms with Gasteiger partial charge in [-0.2, -0.15) is 0 Å². The highest BCUT2D eigenvalue weighted by Crippen LogP contribution is 2.45. The number of nitrogens with one attached hydrogen (secondary N) is 1. The number of unbranched alkanes of at least 4 members (excludes halogenated alkanes) is 1. The average Bonchev–Trinajstić information content (AvgIpc) is 2.69. The fraction of sp³-hybridized carbons (Fsp3) is 0.435. The van der Waals surface area contributed by atoms with Crippen molar-refractivity contribution in [2.45, 2.75) is 46.0 Å². The summed E-state index contributed by atoms with van der Waals surface area (Å²) in [5, 5.41) is 2.98. The zero-order chi connectivity index (χ0) is 19.9. The Morgan fingerprint density at radius 2 is 1.64 bits per heavy atom. The Kier molecular flexibility index (Phi) is 6.80. The fourth-order valence-corrected chi connectivity index (χ4v) is 3.51. The number of hydrogen-bond acceptors (Lipinski definition) is 4. The van der Waals surface area contributed by atoms with Crippen LogP contribution in [0.25, 0.3) is 0 Å². The molecule has 1 N–H and O–H groups in total. The van der Waals surface area contributed by atoms with Crippen LogP contribution in [0.1, 0.15) is 57.1 Å². The molecule has 5 heteroatoms. The van der Waals surface area contributed by atoms with Crippen LogP contribution in [0.15, 0.2) is 36.4 Å². The quantitative estimate of drug-likeness (QED) is 0.609. The van der Waals surface area contributed by atoms with Gasteiger partial charge < -0.3 is 19.5 Å². The van der Waals surface area contributed by atoms with Crippen LogP contribution < -0.4 is 19.5 Å². The van der Waals surface area contributed by atoms with Gasteiger partial charge in [0.05, 0.1) is 19.8 Å². The van der Waals surface area contributed by atoms with Crippen molar-refractivity contribution < 1.29 is 19.0 Å². The highest BCUT2D eigenvalue weighted by molar-refractivity contribution is 5.96. The normalized spacial score (nSPS) is 15.5. The van der Waals surface area contributed by atoms with Crippen molar-refractivity contribution in [3.05, 3.63) is 47.5 Å². The molecule has 0 aliphatic carbocycles. The van der Waals surface area contributed by atoms with Gasteiger partial charge in [-0.25, -0.2) is 0 Å². The predicted octanol–water partition coefficient (Wildman–Crippen LogP) is 5.14. The number of benzene rings is 2. The van der Waals surface area contributed by atoms with E-state index in [9.17, 15) is 4.79 Å². The molecule has 150 valence electrons. The SMILES string of the molecule is CCCCOc1ccccc1[C@H]1CC(=O)Nc2cc(OCC)c(OCC)cc21. The number of hydrogen-bond donors (Lipinski definition) is 1. The molecule has 3 rings (SSSR count). The van der Waals surface area contributed by atoms with Gasteiger partial charge in [0.2, 0.25) is 5.91 Å². The van der Waals surface area contributed by atoms with Crippen LogP contribution in [-0.2, 0) is 4.79 Å². The molecule has 2 aromatic rings. The number of para-hydroxylation sites is 1. The van der Waals surface area contributed by atoms with Crippen LogP contribution in [0, 0.1) is 0 Å². The lowest BCUT2D eigenvalue weighted by Gasteiger charge is -2.28. The van der Waals surface area contributed by atoms with Crippen LogP contribution >= 0.6 is 0 Å². The summed E-state index contributed by atoms with van der Waals surface area (Å²) < 4.78 is 17.6. The third-order valence-corrected chi connectivity index (χ3v) is 4.80. The van der Waals surface area contributed by atoms with Crippen LogP contribution in [-0.4, -0.2) is 25.7 Å². The zero-order valence-electron chi connectivity index (χ0n) is 16.9. The number of carbonyl (C=O) groups excluding carboxylic acids is 1. The highest BCUT2D eigenvalue weighted by atomic mass is 16.5. The van der Waals surface area contributed by atoms with E-state index < -0.39 is 0 Å². The molecule has 1 aliphatic heterocycles. The Morgan fingerprint density at radius 1 is 0.929 bits per heavy atom. The average molecular weight is 383 g/mol. The van der Waals surface area contributed by atoms with Crippen LogP contribution in [0.4, 0.5) is 5.69 Å². The number of fused-ring (bicyclic) bond motifs is 1. The molecule has 5 nitrogen and oxygen atoms in total. The maximum absolute atomic E-state index is 12.4. The van der Waals surface area contributed by atoms with E-state index in [1.807, 2.05) is 50.2 Å². The van der Waals surface area contributed by atoms with Crippen molar-refractivity contribution in [2.75, 3.05) is 25.1 Å². The summed E-state index contributed by atoms with van der Waals surface area (Å²) in [5.41, 5.74) is 2.83. The van der Waals surface area contributed by atoms with Crippen LogP contribution in [0.2, 0.25) is 0 Å². The van der Waals surface area contributed by atoms with Crippen molar-refractivity contribution >= 4 is 11.6 Å². The number of amides is 1. The predicted molar refractivity (Wildman–Crippen MR) is 111 cm³/mol. The summed E-state index contributed by atoms with van der Waals surface area (Å²) in [7, 11) is 0. The van der Waals surface area contributed by atoms with Crippen molar-refractivity contribution in [1.29, 1.82) is 0 Å². The first-order valence-electron chi connectivity index (χ1n) is 10.1. The van der Waals surface area contributed by atoms with Crippen molar-refractivity contribution in [1.82, 2.24) is 0 Å². The molecule has 1 heterocycles. The number of rotatable bonds is 9. The summed E-state index contributed by atoms with van der Waals surface area (Å²) in [6.07, 6.45) is 2.46. The lowest BCUT2D eigenvalue weighted by atomic mass is 9.84. The molecule has 0 fully saturated rings. The molecule has 1 aliphatic rings. The van der Waals surface area contributed by atoms with E-state index in [4.69, 9.17) is 14.2 Å². The molecule has 1 atom stereocenters. The van der Waals surface area contributed by atoms with E-state index in [0.29, 0.717) is 37.7 Å². The standard InChI is InChI=1S/C23H29NO4/c1-4-7-12-28-20-11-9-8-10-16(20)17-14-23(25)24-19-15-22(27-6-3)21(26-5-2)13-18(17)19/h8-11,13,15,17H,4-7,12,14H2,1-3H3,(H,24,25)/t17-/m1/s1. The lowest BCUT2D eigenvalue weighted by molar-refractivity contribution is -0.116. The third-order valence-electron chi connectivity index (χ3n) is 4.80. The summed E-state index contributed by atoms with van der Waals surface area (Å²) >= 11 is 0. The second-order valence-electron chi connectivity index (χ2n) is 6.80. The molecule has 2 aromatic carbocycles. The summed E-state index contributed by atoms with van der Waals surface area (Å²) in [6, 6.07) is 11.9.